The van der Waals surface area contributed by atoms with E-state index >= 15 is 0 Å². The Morgan fingerprint density at radius 1 is 0.861 bits per heavy atom. The van der Waals surface area contributed by atoms with Crippen molar-refractivity contribution in [1.29, 1.82) is 0 Å². The molecule has 1 aliphatic rings. The Balaban J connectivity index is 1.38. The molecule has 10 nitrogen and oxygen atoms in total. The summed E-state index contributed by atoms with van der Waals surface area (Å²) in [7, 11) is 0. The minimum atomic E-state index is -1.44. The number of carbonyl (C=O) groups excluding carboxylic acids is 5. The fourth-order valence-corrected chi connectivity index (χ4v) is 3.42. The maximum absolute atomic E-state index is 12.8. The van der Waals surface area contributed by atoms with Gasteiger partial charge in [0.1, 0.15) is 0 Å². The van der Waals surface area contributed by atoms with Gasteiger partial charge in [0, 0.05) is 28.1 Å². The van der Waals surface area contributed by atoms with Gasteiger partial charge in [-0.1, -0.05) is 29.8 Å². The largest absolute Gasteiger partial charge is 0.335 e. The van der Waals surface area contributed by atoms with Crippen molar-refractivity contribution in [3.63, 3.8) is 0 Å². The monoisotopic (exact) mass is 503 g/mol. The van der Waals surface area contributed by atoms with E-state index in [9.17, 15) is 24.0 Å². The number of urea groups is 1. The topological polar surface area (TPSA) is 137 Å². The second-order valence-corrected chi connectivity index (χ2v) is 7.98. The number of halogens is 1. The summed E-state index contributed by atoms with van der Waals surface area (Å²) in [6.07, 6.45) is 0.944. The average Bonchev–Trinajstić information content (AvgIpc) is 2.88. The number of benzene rings is 3. The normalized spacial score (nSPS) is 15.5. The van der Waals surface area contributed by atoms with Crippen molar-refractivity contribution in [2.45, 2.75) is 0 Å². The van der Waals surface area contributed by atoms with Gasteiger partial charge in [0.15, 0.2) is 5.92 Å². The molecule has 6 amide bonds. The molecule has 1 atom stereocenters. The Bertz CT molecular complexity index is 1360. The molecule has 3 aromatic carbocycles. The van der Waals surface area contributed by atoms with Gasteiger partial charge in [-0.25, -0.2) is 15.1 Å². The molecule has 1 heterocycles. The number of rotatable bonds is 6. The first-order valence-corrected chi connectivity index (χ1v) is 11.0. The van der Waals surface area contributed by atoms with Crippen LogP contribution in [0, 0.1) is 5.92 Å². The fourth-order valence-electron chi connectivity index (χ4n) is 3.29. The average molecular weight is 504 g/mol. The SMILES string of the molecule is O=C(N/N=C\[C@@H]1C(=O)NC(=O)N(c2ccc(Cl)cc2)C1=O)c1ccc(NC(=O)c2ccccc2)cc1. The molecule has 0 bridgehead atoms. The van der Waals surface area contributed by atoms with E-state index in [4.69, 9.17) is 11.6 Å². The molecule has 36 heavy (non-hydrogen) atoms. The second-order valence-electron chi connectivity index (χ2n) is 7.54. The molecule has 0 unspecified atom stereocenters. The molecular weight excluding hydrogens is 486 g/mol. The Hall–Kier alpha value is -4.83. The van der Waals surface area contributed by atoms with Crippen LogP contribution in [0.5, 0.6) is 0 Å². The molecule has 3 aromatic rings. The van der Waals surface area contributed by atoms with Gasteiger partial charge >= 0.3 is 6.03 Å². The standard InChI is InChI=1S/C25H18ClN5O5/c26-17-8-12-19(13-9-17)31-24(35)20(23(34)29-25(31)36)14-27-30-22(33)16-6-10-18(11-7-16)28-21(32)15-4-2-1-3-5-15/h1-14,20H,(H,28,32)(H,30,33)(H,29,34,36)/b27-14-/t20-/m1/s1. The highest BCUT2D eigenvalue weighted by Gasteiger charge is 2.40. The van der Waals surface area contributed by atoms with Gasteiger partial charge in [-0.15, -0.1) is 0 Å². The van der Waals surface area contributed by atoms with Gasteiger partial charge in [-0.3, -0.25) is 24.5 Å². The van der Waals surface area contributed by atoms with Crippen molar-refractivity contribution < 1.29 is 24.0 Å². The van der Waals surface area contributed by atoms with Crippen molar-refractivity contribution in [2.75, 3.05) is 10.2 Å². The van der Waals surface area contributed by atoms with Crippen molar-refractivity contribution >= 4 is 58.9 Å². The van der Waals surface area contributed by atoms with Crippen LogP contribution in [-0.4, -0.2) is 35.9 Å². The van der Waals surface area contributed by atoms with E-state index in [1.165, 1.54) is 36.4 Å². The molecule has 3 N–H and O–H groups in total. The summed E-state index contributed by atoms with van der Waals surface area (Å²) in [6.45, 7) is 0. The number of carbonyl (C=O) groups is 5. The summed E-state index contributed by atoms with van der Waals surface area (Å²) in [4.78, 5) is 62.6. The van der Waals surface area contributed by atoms with E-state index in [0.29, 0.717) is 16.3 Å². The number of imide groups is 2. The van der Waals surface area contributed by atoms with Gasteiger partial charge in [0.25, 0.3) is 17.7 Å². The predicted octanol–water partition coefficient (Wildman–Crippen LogP) is 3.21. The summed E-state index contributed by atoms with van der Waals surface area (Å²) < 4.78 is 0. The number of nitrogens with zero attached hydrogens (tertiary/aromatic N) is 2. The van der Waals surface area contributed by atoms with Crippen LogP contribution in [0.1, 0.15) is 20.7 Å². The molecule has 11 heteroatoms. The number of hydrazone groups is 1. The smallest absolute Gasteiger partial charge is 0.322 e. The summed E-state index contributed by atoms with van der Waals surface area (Å²) in [5, 5.41) is 8.93. The summed E-state index contributed by atoms with van der Waals surface area (Å²) in [5.74, 6) is -4.04. The first-order valence-electron chi connectivity index (χ1n) is 10.6. The van der Waals surface area contributed by atoms with E-state index in [0.717, 1.165) is 11.1 Å². The Kier molecular flexibility index (Phi) is 7.17. The molecule has 0 aromatic heterocycles. The molecule has 0 radical (unpaired) electrons. The van der Waals surface area contributed by atoms with Crippen LogP contribution in [0.4, 0.5) is 16.2 Å². The second kappa shape index (κ2) is 10.6. The van der Waals surface area contributed by atoms with Crippen LogP contribution in [0.3, 0.4) is 0 Å². The third kappa shape index (κ3) is 5.45. The van der Waals surface area contributed by atoms with Crippen LogP contribution in [-0.2, 0) is 9.59 Å². The van der Waals surface area contributed by atoms with Crippen LogP contribution in [0.15, 0.2) is 84.0 Å². The van der Waals surface area contributed by atoms with Crippen molar-refractivity contribution in [3.8, 4) is 0 Å². The molecule has 0 spiro atoms. The van der Waals surface area contributed by atoms with Gasteiger partial charge < -0.3 is 5.32 Å². The number of amides is 6. The van der Waals surface area contributed by atoms with Crippen molar-refractivity contribution in [2.24, 2.45) is 11.0 Å². The van der Waals surface area contributed by atoms with Crippen molar-refractivity contribution in [3.05, 3.63) is 95.0 Å². The van der Waals surface area contributed by atoms with Gasteiger partial charge in [-0.05, 0) is 60.7 Å². The lowest BCUT2D eigenvalue weighted by Gasteiger charge is -2.28. The van der Waals surface area contributed by atoms with Gasteiger partial charge in [0.05, 0.1) is 5.69 Å². The minimum absolute atomic E-state index is 0.219. The number of barbiturate groups is 1. The molecule has 1 aliphatic heterocycles. The maximum atomic E-state index is 12.8. The quantitative estimate of drug-likeness (QED) is 0.269. The zero-order valence-corrected chi connectivity index (χ0v) is 19.2. The van der Waals surface area contributed by atoms with Crippen LogP contribution >= 0.6 is 11.6 Å². The van der Waals surface area contributed by atoms with Crippen LogP contribution in [0.25, 0.3) is 0 Å². The Morgan fingerprint density at radius 2 is 1.50 bits per heavy atom. The van der Waals surface area contributed by atoms with Crippen LogP contribution < -0.4 is 21.0 Å². The predicted molar refractivity (Wildman–Crippen MR) is 133 cm³/mol. The lowest BCUT2D eigenvalue weighted by atomic mass is 10.1. The lowest BCUT2D eigenvalue weighted by molar-refractivity contribution is -0.131. The zero-order chi connectivity index (χ0) is 25.7. The number of anilines is 2. The molecular formula is C25H18ClN5O5. The van der Waals surface area contributed by atoms with Gasteiger partial charge in [0.2, 0.25) is 5.91 Å². The molecule has 0 aliphatic carbocycles. The Labute approximate surface area is 209 Å². The van der Waals surface area contributed by atoms with Crippen molar-refractivity contribution in [1.82, 2.24) is 10.7 Å². The third-order valence-corrected chi connectivity index (χ3v) is 5.37. The maximum Gasteiger partial charge on any atom is 0.335 e. The van der Waals surface area contributed by atoms with E-state index in [1.807, 2.05) is 0 Å². The number of hydrogen-bond donors (Lipinski definition) is 3. The number of hydrogen-bond acceptors (Lipinski definition) is 6. The van der Waals surface area contributed by atoms with E-state index in [2.05, 4.69) is 21.2 Å². The van der Waals surface area contributed by atoms with E-state index < -0.39 is 29.7 Å². The molecule has 180 valence electrons. The Morgan fingerprint density at radius 3 is 2.17 bits per heavy atom. The number of nitrogens with one attached hydrogen (secondary N) is 3. The van der Waals surface area contributed by atoms with E-state index in [-0.39, 0.29) is 17.2 Å². The first-order chi connectivity index (χ1) is 17.3. The molecule has 1 saturated heterocycles. The highest BCUT2D eigenvalue weighted by molar-refractivity contribution is 6.33. The molecule has 4 rings (SSSR count). The zero-order valence-electron chi connectivity index (χ0n) is 18.5. The fraction of sp³-hybridized carbons (Fsp3) is 0.0400. The lowest BCUT2D eigenvalue weighted by Crippen LogP contribution is -2.58. The van der Waals surface area contributed by atoms with Gasteiger partial charge in [-0.2, -0.15) is 5.10 Å². The summed E-state index contributed by atoms with van der Waals surface area (Å²) in [6, 6.07) is 19.7. The first kappa shape index (κ1) is 24.3. The minimum Gasteiger partial charge on any atom is -0.322 e. The third-order valence-electron chi connectivity index (χ3n) is 5.12. The van der Waals surface area contributed by atoms with E-state index in [1.54, 1.807) is 42.5 Å². The molecule has 0 saturated carbocycles. The summed E-state index contributed by atoms with van der Waals surface area (Å²) in [5.41, 5.74) is 3.66. The highest BCUT2D eigenvalue weighted by atomic mass is 35.5. The summed E-state index contributed by atoms with van der Waals surface area (Å²) >= 11 is 5.84. The van der Waals surface area contributed by atoms with Crippen LogP contribution in [0.2, 0.25) is 5.02 Å². The molecule has 1 fully saturated rings. The highest BCUT2D eigenvalue weighted by Crippen LogP contribution is 2.22.